The lowest BCUT2D eigenvalue weighted by Crippen LogP contribution is -1.97. The summed E-state index contributed by atoms with van der Waals surface area (Å²) in [5.74, 6) is 0. The van der Waals surface area contributed by atoms with Crippen LogP contribution < -0.4 is 5.32 Å². The van der Waals surface area contributed by atoms with Crippen LogP contribution in [-0.4, -0.2) is 18.1 Å². The van der Waals surface area contributed by atoms with Gasteiger partial charge >= 0.3 is 0 Å². The fourth-order valence-corrected chi connectivity index (χ4v) is 1.50. The minimum Gasteiger partial charge on any atom is -0.396 e. The number of aliphatic hydroxyl groups excluding tert-OH is 1. The number of nitrogens with zero attached hydrogens (tertiary/aromatic N) is 1. The van der Waals surface area contributed by atoms with Crippen molar-refractivity contribution in [3.05, 3.63) is 22.6 Å². The zero-order chi connectivity index (χ0) is 11.3. The zero-order valence-electron chi connectivity index (χ0n) is 7.80. The van der Waals surface area contributed by atoms with E-state index in [1.54, 1.807) is 0 Å². The summed E-state index contributed by atoms with van der Waals surface area (Å²) in [5, 5.41) is 13.9. The number of thiol groups is 1. The maximum absolute atomic E-state index is 10.5. The fourth-order valence-electron chi connectivity index (χ4n) is 1.20. The van der Waals surface area contributed by atoms with Gasteiger partial charge in [0, 0.05) is 11.5 Å². The van der Waals surface area contributed by atoms with Crippen LogP contribution in [0.1, 0.15) is 5.56 Å². The Labute approximate surface area is 91.9 Å². The molecule has 0 saturated heterocycles. The summed E-state index contributed by atoms with van der Waals surface area (Å²) in [7, 11) is 0. The van der Waals surface area contributed by atoms with Crippen LogP contribution in [0.25, 0.3) is 0 Å². The van der Waals surface area contributed by atoms with Gasteiger partial charge in [0.05, 0.1) is 5.69 Å². The van der Waals surface area contributed by atoms with Gasteiger partial charge in [-0.3, -0.25) is 4.79 Å². The smallest absolute Gasteiger partial charge is 0.211 e. The minimum atomic E-state index is -0.0354. The number of benzene rings is 1. The molecular weight excluding hydrogens is 216 g/mol. The predicted molar refractivity (Wildman–Crippen MR) is 59.6 cm³/mol. The summed E-state index contributed by atoms with van der Waals surface area (Å²) in [6.45, 7) is -0.0354. The van der Waals surface area contributed by atoms with Crippen LogP contribution in [0.3, 0.4) is 0 Å². The topological polar surface area (TPSA) is 78.8 Å². The number of aliphatic hydroxyl groups is 1. The van der Waals surface area contributed by atoms with E-state index in [-0.39, 0.29) is 12.3 Å². The van der Waals surface area contributed by atoms with Gasteiger partial charge in [-0.2, -0.15) is 0 Å². The first-order chi connectivity index (χ1) is 7.22. The molecule has 0 aliphatic rings. The molecule has 0 heterocycles. The largest absolute Gasteiger partial charge is 0.396 e. The number of nitrogens with one attached hydrogen (secondary N) is 1. The predicted octanol–water partition coefficient (Wildman–Crippen LogP) is 1.48. The van der Waals surface area contributed by atoms with E-state index in [9.17, 15) is 9.70 Å². The van der Waals surface area contributed by atoms with Crippen molar-refractivity contribution in [1.29, 1.82) is 0 Å². The van der Waals surface area contributed by atoms with Gasteiger partial charge in [-0.25, -0.2) is 0 Å². The molecule has 0 aliphatic carbocycles. The summed E-state index contributed by atoms with van der Waals surface area (Å²) in [6.07, 6.45) is 0.853. The molecule has 0 fully saturated rings. The van der Waals surface area contributed by atoms with Crippen molar-refractivity contribution in [3.63, 3.8) is 0 Å². The zero-order valence-corrected chi connectivity index (χ0v) is 8.70. The summed E-state index contributed by atoms with van der Waals surface area (Å²) in [4.78, 5) is 21.3. The Morgan fingerprint density at radius 2 is 2.27 bits per heavy atom. The van der Waals surface area contributed by atoms with E-state index in [4.69, 9.17) is 5.11 Å². The molecule has 80 valence electrons. The molecule has 0 spiro atoms. The number of amides is 1. The molecule has 2 N–H and O–H groups in total. The standard InChI is InChI=1S/C9H10N2O3S/c12-2-1-6-3-8(11-14)7(10-5-13)4-9(6)15/h3-5,12,15H,1-2H2,(H,10,13). The maximum Gasteiger partial charge on any atom is 0.211 e. The van der Waals surface area contributed by atoms with E-state index >= 15 is 0 Å². The summed E-state index contributed by atoms with van der Waals surface area (Å²) >= 11 is 4.17. The Bertz CT molecular complexity index is 382. The van der Waals surface area contributed by atoms with Gasteiger partial charge in [-0.05, 0) is 29.3 Å². The fraction of sp³-hybridized carbons (Fsp3) is 0.222. The van der Waals surface area contributed by atoms with E-state index in [1.807, 2.05) is 0 Å². The van der Waals surface area contributed by atoms with Crippen molar-refractivity contribution in [3.8, 4) is 0 Å². The van der Waals surface area contributed by atoms with Crippen LogP contribution in [0.2, 0.25) is 0 Å². The number of carbonyl (C=O) groups is 1. The second kappa shape index (κ2) is 5.47. The van der Waals surface area contributed by atoms with Gasteiger partial charge in [0.25, 0.3) is 0 Å². The average Bonchev–Trinajstić information content (AvgIpc) is 2.22. The number of hydrogen-bond donors (Lipinski definition) is 3. The van der Waals surface area contributed by atoms with Gasteiger partial charge in [0.1, 0.15) is 5.69 Å². The highest BCUT2D eigenvalue weighted by atomic mass is 32.1. The SMILES string of the molecule is O=CNc1cc(S)c(CCO)cc1N=O. The highest BCUT2D eigenvalue weighted by Gasteiger charge is 2.07. The number of hydrogen-bond acceptors (Lipinski definition) is 5. The summed E-state index contributed by atoms with van der Waals surface area (Å²) in [6, 6.07) is 3.02. The van der Waals surface area contributed by atoms with Crippen molar-refractivity contribution in [2.24, 2.45) is 5.18 Å². The second-order valence-electron chi connectivity index (χ2n) is 2.83. The Hall–Kier alpha value is -1.40. The third-order valence-corrected chi connectivity index (χ3v) is 2.31. The van der Waals surface area contributed by atoms with E-state index in [0.29, 0.717) is 29.0 Å². The molecule has 1 aromatic carbocycles. The lowest BCUT2D eigenvalue weighted by atomic mass is 10.1. The number of rotatable bonds is 5. The Kier molecular flexibility index (Phi) is 4.26. The molecule has 1 amide bonds. The van der Waals surface area contributed by atoms with Gasteiger partial charge in [0.2, 0.25) is 6.41 Å². The molecule has 0 saturated carbocycles. The lowest BCUT2D eigenvalue weighted by molar-refractivity contribution is -0.105. The quantitative estimate of drug-likeness (QED) is 0.404. The monoisotopic (exact) mass is 226 g/mol. The molecule has 0 unspecified atom stereocenters. The molecule has 15 heavy (non-hydrogen) atoms. The third kappa shape index (κ3) is 2.77. The van der Waals surface area contributed by atoms with E-state index in [2.05, 4.69) is 23.1 Å². The third-order valence-electron chi connectivity index (χ3n) is 1.89. The maximum atomic E-state index is 10.5. The van der Waals surface area contributed by atoms with Crippen molar-refractivity contribution in [1.82, 2.24) is 0 Å². The van der Waals surface area contributed by atoms with Gasteiger partial charge < -0.3 is 10.4 Å². The molecule has 0 atom stereocenters. The second-order valence-corrected chi connectivity index (χ2v) is 3.31. The first kappa shape index (κ1) is 11.7. The highest BCUT2D eigenvalue weighted by molar-refractivity contribution is 7.80. The first-order valence-corrected chi connectivity index (χ1v) is 4.68. The van der Waals surface area contributed by atoms with Crippen molar-refractivity contribution in [2.45, 2.75) is 11.3 Å². The lowest BCUT2D eigenvalue weighted by Gasteiger charge is -2.07. The average molecular weight is 226 g/mol. The normalized spacial score (nSPS) is 9.73. The Morgan fingerprint density at radius 3 is 2.80 bits per heavy atom. The van der Waals surface area contributed by atoms with E-state index in [0.717, 1.165) is 0 Å². The Balaban J connectivity index is 3.15. The van der Waals surface area contributed by atoms with E-state index < -0.39 is 0 Å². The Morgan fingerprint density at radius 1 is 1.53 bits per heavy atom. The van der Waals surface area contributed by atoms with Crippen LogP contribution in [0.5, 0.6) is 0 Å². The highest BCUT2D eigenvalue weighted by Crippen LogP contribution is 2.30. The van der Waals surface area contributed by atoms with Crippen molar-refractivity contribution >= 4 is 30.4 Å². The molecule has 0 aliphatic heterocycles. The van der Waals surface area contributed by atoms with Gasteiger partial charge in [-0.15, -0.1) is 17.5 Å². The molecule has 6 heteroatoms. The van der Waals surface area contributed by atoms with Gasteiger partial charge in [-0.1, -0.05) is 0 Å². The molecule has 5 nitrogen and oxygen atoms in total. The molecule has 1 aromatic rings. The van der Waals surface area contributed by atoms with Crippen molar-refractivity contribution < 1.29 is 9.90 Å². The first-order valence-electron chi connectivity index (χ1n) is 4.23. The van der Waals surface area contributed by atoms with Crippen LogP contribution in [0, 0.1) is 4.91 Å². The summed E-state index contributed by atoms with van der Waals surface area (Å²) in [5.41, 5.74) is 1.15. The van der Waals surface area contributed by atoms with Crippen LogP contribution in [-0.2, 0) is 11.2 Å². The molecule has 1 rings (SSSR count). The van der Waals surface area contributed by atoms with Crippen LogP contribution in [0.4, 0.5) is 11.4 Å². The molecular formula is C9H10N2O3S. The van der Waals surface area contributed by atoms with Crippen LogP contribution >= 0.6 is 12.6 Å². The van der Waals surface area contributed by atoms with E-state index in [1.165, 1.54) is 12.1 Å². The van der Waals surface area contributed by atoms with Gasteiger partial charge in [0.15, 0.2) is 0 Å². The van der Waals surface area contributed by atoms with Crippen molar-refractivity contribution in [2.75, 3.05) is 11.9 Å². The van der Waals surface area contributed by atoms with Crippen LogP contribution in [0.15, 0.2) is 22.2 Å². The number of carbonyl (C=O) groups excluding carboxylic acids is 1. The number of nitroso groups, excluding NO2 is 1. The molecule has 0 radical (unpaired) electrons. The molecule has 0 aromatic heterocycles. The number of anilines is 1. The summed E-state index contributed by atoms with van der Waals surface area (Å²) < 4.78 is 0. The molecule has 0 bridgehead atoms. The minimum absolute atomic E-state index is 0.0354.